The minimum absolute atomic E-state index is 0.164. The van der Waals surface area contributed by atoms with Gasteiger partial charge < -0.3 is 9.47 Å². The number of nitrogens with zero attached hydrogens (tertiary/aromatic N) is 1. The molecule has 0 N–H and O–H groups in total. The van der Waals surface area contributed by atoms with Gasteiger partial charge in [-0.15, -0.1) is 0 Å². The van der Waals surface area contributed by atoms with Gasteiger partial charge in [-0.2, -0.15) is 0 Å². The van der Waals surface area contributed by atoms with Gasteiger partial charge in [0.15, 0.2) is 0 Å². The molecule has 3 atom stereocenters. The van der Waals surface area contributed by atoms with Crippen LogP contribution in [-0.4, -0.2) is 31.2 Å². The summed E-state index contributed by atoms with van der Waals surface area (Å²) in [6, 6.07) is 0. The molecule has 0 radical (unpaired) electrons. The number of hydrogen-bond acceptors (Lipinski definition) is 4. The molecule has 0 saturated heterocycles. The lowest BCUT2D eigenvalue weighted by Crippen LogP contribution is -2.36. The Bertz CT molecular complexity index is 492. The monoisotopic (exact) mass is 263 g/mol. The third-order valence-electron chi connectivity index (χ3n) is 4.33. The van der Waals surface area contributed by atoms with Crippen LogP contribution < -0.4 is 0 Å². The molecule has 2 saturated carbocycles. The van der Waals surface area contributed by atoms with Crippen LogP contribution >= 0.6 is 0 Å². The van der Waals surface area contributed by atoms with E-state index in [9.17, 15) is 9.59 Å². The van der Waals surface area contributed by atoms with Crippen molar-refractivity contribution in [2.45, 2.75) is 31.7 Å². The first kappa shape index (κ1) is 13.6. The molecule has 0 aliphatic heterocycles. The molecule has 102 valence electrons. The lowest BCUT2D eigenvalue weighted by molar-refractivity contribution is -0.148. The highest BCUT2D eigenvalue weighted by Gasteiger charge is 2.74. The number of ether oxygens (including phenoxy) is 2. The molecule has 5 heteroatoms. The maximum Gasteiger partial charge on any atom is 0.393 e. The van der Waals surface area contributed by atoms with Crippen LogP contribution in [0.4, 0.5) is 0 Å². The molecule has 2 aliphatic rings. The SMILES string of the molecule is [C-]#[N+]C1(C(=O)OCC)CC2CC2(C(=C)C(=O)OC)C1. The summed E-state index contributed by atoms with van der Waals surface area (Å²) in [6.45, 7) is 13.1. The van der Waals surface area contributed by atoms with E-state index < -0.39 is 22.9 Å². The zero-order valence-corrected chi connectivity index (χ0v) is 11.2. The van der Waals surface area contributed by atoms with Gasteiger partial charge >= 0.3 is 17.5 Å². The van der Waals surface area contributed by atoms with Crippen molar-refractivity contribution < 1.29 is 19.1 Å². The first-order chi connectivity index (χ1) is 8.95. The van der Waals surface area contributed by atoms with Gasteiger partial charge in [-0.25, -0.2) is 16.2 Å². The summed E-state index contributed by atoms with van der Waals surface area (Å²) in [4.78, 5) is 27.1. The summed E-state index contributed by atoms with van der Waals surface area (Å²) in [5.74, 6) is -0.765. The standard InChI is InChI=1S/C14H17NO4/c1-5-19-12(17)14(15-3)7-10-6-13(10,8-14)9(2)11(16)18-4/h10H,2,5-8H2,1,4H3. The number of carbonyl (C=O) groups excluding carboxylic acids is 2. The average molecular weight is 263 g/mol. The molecule has 0 aromatic heterocycles. The van der Waals surface area contributed by atoms with E-state index >= 15 is 0 Å². The summed E-state index contributed by atoms with van der Waals surface area (Å²) >= 11 is 0. The van der Waals surface area contributed by atoms with Gasteiger partial charge in [0.05, 0.1) is 13.7 Å². The number of fused-ring (bicyclic) bond motifs is 1. The second-order valence-corrected chi connectivity index (χ2v) is 5.27. The van der Waals surface area contributed by atoms with Gasteiger partial charge in [0.25, 0.3) is 0 Å². The Kier molecular flexibility index (Phi) is 3.13. The molecule has 2 rings (SSSR count). The summed E-state index contributed by atoms with van der Waals surface area (Å²) < 4.78 is 9.70. The zero-order chi connectivity index (χ0) is 14.3. The van der Waals surface area contributed by atoms with Crippen LogP contribution in [-0.2, 0) is 19.1 Å². The van der Waals surface area contributed by atoms with E-state index in [-0.39, 0.29) is 12.5 Å². The van der Waals surface area contributed by atoms with Crippen LogP contribution in [0.25, 0.3) is 4.85 Å². The van der Waals surface area contributed by atoms with Crippen LogP contribution in [0.2, 0.25) is 0 Å². The van der Waals surface area contributed by atoms with Gasteiger partial charge in [0, 0.05) is 23.8 Å². The minimum Gasteiger partial charge on any atom is -0.466 e. The smallest absolute Gasteiger partial charge is 0.393 e. The van der Waals surface area contributed by atoms with E-state index in [0.29, 0.717) is 18.4 Å². The first-order valence-corrected chi connectivity index (χ1v) is 6.29. The lowest BCUT2D eigenvalue weighted by atomic mass is 9.86. The molecular formula is C14H17NO4. The van der Waals surface area contributed by atoms with Crippen molar-refractivity contribution >= 4 is 11.9 Å². The second-order valence-electron chi connectivity index (χ2n) is 5.27. The number of esters is 2. The van der Waals surface area contributed by atoms with Crippen molar-refractivity contribution in [3.63, 3.8) is 0 Å². The summed E-state index contributed by atoms with van der Waals surface area (Å²) in [5, 5.41) is 0. The molecule has 5 nitrogen and oxygen atoms in total. The third kappa shape index (κ3) is 1.83. The summed E-state index contributed by atoms with van der Waals surface area (Å²) in [6.07, 6.45) is 1.57. The minimum atomic E-state index is -1.14. The average Bonchev–Trinajstić information content (AvgIpc) is 3.00. The summed E-state index contributed by atoms with van der Waals surface area (Å²) in [5.41, 5.74) is -1.19. The van der Waals surface area contributed by atoms with Gasteiger partial charge in [-0.05, 0) is 19.3 Å². The third-order valence-corrected chi connectivity index (χ3v) is 4.33. The molecule has 2 aliphatic carbocycles. The summed E-state index contributed by atoms with van der Waals surface area (Å²) in [7, 11) is 1.31. The Labute approximate surface area is 112 Å². The Hall–Kier alpha value is -1.83. The predicted molar refractivity (Wildman–Crippen MR) is 66.9 cm³/mol. The van der Waals surface area contributed by atoms with Gasteiger partial charge in [0.1, 0.15) is 0 Å². The first-order valence-electron chi connectivity index (χ1n) is 6.29. The number of hydrogen-bond donors (Lipinski definition) is 0. The van der Waals surface area contributed by atoms with Gasteiger partial charge in [-0.3, -0.25) is 4.85 Å². The van der Waals surface area contributed by atoms with Gasteiger partial charge in [0.2, 0.25) is 0 Å². The molecule has 0 heterocycles. The molecular weight excluding hydrogens is 246 g/mol. The van der Waals surface area contributed by atoms with Crippen molar-refractivity contribution in [2.75, 3.05) is 13.7 Å². The quantitative estimate of drug-likeness (QED) is 0.440. The van der Waals surface area contributed by atoms with Crippen LogP contribution in [0.1, 0.15) is 26.2 Å². The molecule has 2 fully saturated rings. The van der Waals surface area contributed by atoms with Crippen LogP contribution in [0.3, 0.4) is 0 Å². The topological polar surface area (TPSA) is 57.0 Å². The highest BCUT2D eigenvalue weighted by molar-refractivity contribution is 5.92. The molecule has 0 aromatic carbocycles. The van der Waals surface area contributed by atoms with Crippen LogP contribution in [0.5, 0.6) is 0 Å². The van der Waals surface area contributed by atoms with E-state index in [4.69, 9.17) is 16.0 Å². The van der Waals surface area contributed by atoms with Crippen LogP contribution in [0.15, 0.2) is 12.2 Å². The fraction of sp³-hybridized carbons (Fsp3) is 0.643. The van der Waals surface area contributed by atoms with E-state index in [1.807, 2.05) is 0 Å². The Morgan fingerprint density at radius 3 is 2.68 bits per heavy atom. The van der Waals surface area contributed by atoms with E-state index in [1.54, 1.807) is 6.92 Å². The molecule has 0 bridgehead atoms. The molecule has 3 unspecified atom stereocenters. The fourth-order valence-electron chi connectivity index (χ4n) is 3.22. The number of methoxy groups -OCH3 is 1. The maximum absolute atomic E-state index is 12.0. The number of rotatable bonds is 4. The second kappa shape index (κ2) is 4.37. The Morgan fingerprint density at radius 2 is 2.16 bits per heavy atom. The molecule has 19 heavy (non-hydrogen) atoms. The highest BCUT2D eigenvalue weighted by Crippen LogP contribution is 2.71. The fourth-order valence-corrected chi connectivity index (χ4v) is 3.22. The van der Waals surface area contributed by atoms with E-state index in [0.717, 1.165) is 6.42 Å². The molecule has 0 amide bonds. The van der Waals surface area contributed by atoms with Crippen LogP contribution in [0, 0.1) is 17.9 Å². The van der Waals surface area contributed by atoms with Crippen molar-refractivity contribution in [1.82, 2.24) is 0 Å². The van der Waals surface area contributed by atoms with Crippen molar-refractivity contribution in [2.24, 2.45) is 11.3 Å². The Balaban J connectivity index is 2.20. The largest absolute Gasteiger partial charge is 0.466 e. The van der Waals surface area contributed by atoms with Crippen molar-refractivity contribution in [1.29, 1.82) is 0 Å². The predicted octanol–water partition coefficient (Wildman–Crippen LogP) is 1.74. The molecule has 0 spiro atoms. The van der Waals surface area contributed by atoms with Crippen molar-refractivity contribution in [3.05, 3.63) is 23.6 Å². The molecule has 0 aromatic rings. The van der Waals surface area contributed by atoms with E-state index in [1.165, 1.54) is 7.11 Å². The van der Waals surface area contributed by atoms with Gasteiger partial charge in [-0.1, -0.05) is 6.58 Å². The normalized spacial score (nSPS) is 34.9. The highest BCUT2D eigenvalue weighted by atomic mass is 16.5. The van der Waals surface area contributed by atoms with E-state index in [2.05, 4.69) is 11.4 Å². The lowest BCUT2D eigenvalue weighted by Gasteiger charge is -2.19. The number of carbonyl (C=O) groups is 2. The van der Waals surface area contributed by atoms with Crippen molar-refractivity contribution in [3.8, 4) is 0 Å². The maximum atomic E-state index is 12.0. The zero-order valence-electron chi connectivity index (χ0n) is 11.2. The Morgan fingerprint density at radius 1 is 1.47 bits per heavy atom.